The lowest BCUT2D eigenvalue weighted by Crippen LogP contribution is -2.00. The number of aromatic nitrogens is 1. The predicted molar refractivity (Wildman–Crippen MR) is 104 cm³/mol. The average Bonchev–Trinajstić information content (AvgIpc) is 3.01. The topological polar surface area (TPSA) is 94.6 Å². The number of azo groups is 1. The number of amides is 1. The minimum absolute atomic E-state index is 0.0369. The number of hydrogen-bond acceptors (Lipinski definition) is 6. The number of carbonyl (C=O) groups is 1. The molecule has 1 heterocycles. The molecule has 3 aromatic rings. The van der Waals surface area contributed by atoms with Crippen LogP contribution in [0.3, 0.4) is 0 Å². The number of methoxy groups -OCH3 is 3. The van der Waals surface area contributed by atoms with E-state index in [2.05, 4.69) is 10.2 Å². The molecule has 1 amide bonds. The quantitative estimate of drug-likeness (QED) is 0.640. The first-order valence-electron chi connectivity index (χ1n) is 8.61. The van der Waals surface area contributed by atoms with Crippen LogP contribution in [0.25, 0.3) is 10.9 Å². The summed E-state index contributed by atoms with van der Waals surface area (Å²) < 4.78 is 17.5. The Morgan fingerprint density at radius 3 is 2.29 bits per heavy atom. The number of aryl methyl sites for hydroxylation is 1. The standard InChI is InChI=1S/C20H21N3O5/c1-5-23-14-9-7-6-8-13(14)17(20(23)25)21-22-19(24)12-10-15(26-2)18(28-4)16(11-12)27-3/h6-11,25H,5H2,1-4H3. The van der Waals surface area contributed by atoms with E-state index in [4.69, 9.17) is 14.2 Å². The minimum Gasteiger partial charge on any atom is -0.493 e. The van der Waals surface area contributed by atoms with E-state index >= 15 is 0 Å². The molecule has 2 aromatic carbocycles. The van der Waals surface area contributed by atoms with Gasteiger partial charge in [0.2, 0.25) is 11.6 Å². The molecule has 0 unspecified atom stereocenters. The Hall–Kier alpha value is -3.55. The lowest BCUT2D eigenvalue weighted by Gasteiger charge is -2.12. The molecule has 0 saturated carbocycles. The van der Waals surface area contributed by atoms with E-state index in [1.807, 2.05) is 31.2 Å². The van der Waals surface area contributed by atoms with Gasteiger partial charge >= 0.3 is 0 Å². The van der Waals surface area contributed by atoms with E-state index in [0.717, 1.165) is 5.52 Å². The van der Waals surface area contributed by atoms with Crippen LogP contribution in [0.1, 0.15) is 17.3 Å². The van der Waals surface area contributed by atoms with Gasteiger partial charge in [-0.05, 0) is 25.1 Å². The van der Waals surface area contributed by atoms with Crippen molar-refractivity contribution in [3.8, 4) is 23.1 Å². The third-order valence-electron chi connectivity index (χ3n) is 4.39. The summed E-state index contributed by atoms with van der Waals surface area (Å²) in [6.45, 7) is 2.47. The SMILES string of the molecule is CCn1c(O)c(N=NC(=O)c2cc(OC)c(OC)c(OC)c2)c2ccccc21. The Kier molecular flexibility index (Phi) is 5.49. The third-order valence-corrected chi connectivity index (χ3v) is 4.39. The van der Waals surface area contributed by atoms with Crippen molar-refractivity contribution in [2.45, 2.75) is 13.5 Å². The second-order valence-electron chi connectivity index (χ2n) is 5.85. The smallest absolute Gasteiger partial charge is 0.295 e. The van der Waals surface area contributed by atoms with Crippen LogP contribution in [0.5, 0.6) is 23.1 Å². The molecular formula is C20H21N3O5. The molecular weight excluding hydrogens is 362 g/mol. The van der Waals surface area contributed by atoms with E-state index < -0.39 is 5.91 Å². The van der Waals surface area contributed by atoms with Crippen LogP contribution in [0.15, 0.2) is 46.6 Å². The van der Waals surface area contributed by atoms with Crippen LogP contribution in [0, 0.1) is 0 Å². The van der Waals surface area contributed by atoms with Gasteiger partial charge in [-0.15, -0.1) is 10.2 Å². The maximum atomic E-state index is 12.6. The molecule has 0 spiro atoms. The summed E-state index contributed by atoms with van der Waals surface area (Å²) in [4.78, 5) is 12.6. The first kappa shape index (κ1) is 19.2. The van der Waals surface area contributed by atoms with Crippen LogP contribution >= 0.6 is 0 Å². The van der Waals surface area contributed by atoms with Crippen molar-refractivity contribution < 1.29 is 24.1 Å². The number of para-hydroxylation sites is 1. The molecule has 8 heteroatoms. The van der Waals surface area contributed by atoms with Crippen LogP contribution in [-0.2, 0) is 6.54 Å². The zero-order valence-corrected chi connectivity index (χ0v) is 16.1. The Morgan fingerprint density at radius 2 is 1.71 bits per heavy atom. The molecule has 0 aliphatic rings. The van der Waals surface area contributed by atoms with Crippen molar-refractivity contribution in [1.29, 1.82) is 0 Å². The van der Waals surface area contributed by atoms with Gasteiger partial charge < -0.3 is 23.9 Å². The number of ether oxygens (including phenoxy) is 3. The molecule has 0 fully saturated rings. The zero-order valence-electron chi connectivity index (χ0n) is 16.1. The highest BCUT2D eigenvalue weighted by molar-refractivity contribution is 5.98. The molecule has 1 N–H and O–H groups in total. The molecule has 3 rings (SSSR count). The second-order valence-corrected chi connectivity index (χ2v) is 5.85. The normalized spacial score (nSPS) is 11.1. The van der Waals surface area contributed by atoms with Gasteiger partial charge in [0.1, 0.15) is 0 Å². The van der Waals surface area contributed by atoms with Crippen molar-refractivity contribution in [3.05, 3.63) is 42.0 Å². The monoisotopic (exact) mass is 383 g/mol. The molecule has 28 heavy (non-hydrogen) atoms. The van der Waals surface area contributed by atoms with Crippen molar-refractivity contribution >= 4 is 22.5 Å². The van der Waals surface area contributed by atoms with E-state index in [9.17, 15) is 9.90 Å². The van der Waals surface area contributed by atoms with Crippen molar-refractivity contribution in [2.75, 3.05) is 21.3 Å². The summed E-state index contributed by atoms with van der Waals surface area (Å²) in [6.07, 6.45) is 0. The molecule has 0 bridgehead atoms. The maximum Gasteiger partial charge on any atom is 0.295 e. The second kappa shape index (κ2) is 7.99. The summed E-state index contributed by atoms with van der Waals surface area (Å²) >= 11 is 0. The zero-order chi connectivity index (χ0) is 20.3. The van der Waals surface area contributed by atoms with Gasteiger partial charge in [0.05, 0.1) is 32.4 Å². The maximum absolute atomic E-state index is 12.6. The number of benzene rings is 2. The van der Waals surface area contributed by atoms with Crippen LogP contribution in [-0.4, -0.2) is 36.9 Å². The molecule has 146 valence electrons. The molecule has 0 atom stereocenters. The first-order valence-corrected chi connectivity index (χ1v) is 8.61. The minimum atomic E-state index is -0.605. The van der Waals surface area contributed by atoms with E-state index in [-0.39, 0.29) is 17.1 Å². The Balaban J connectivity index is 2.01. The fourth-order valence-electron chi connectivity index (χ4n) is 3.05. The lowest BCUT2D eigenvalue weighted by atomic mass is 10.1. The third kappa shape index (κ3) is 3.24. The Labute approximate surface area is 162 Å². The molecule has 1 aromatic heterocycles. The lowest BCUT2D eigenvalue weighted by molar-refractivity contribution is 0.0994. The number of hydrogen-bond donors (Lipinski definition) is 1. The Morgan fingerprint density at radius 1 is 1.07 bits per heavy atom. The number of carbonyl (C=O) groups excluding carboxylic acids is 1. The number of nitrogens with zero attached hydrogens (tertiary/aromatic N) is 3. The van der Waals surface area contributed by atoms with Crippen LogP contribution in [0.2, 0.25) is 0 Å². The van der Waals surface area contributed by atoms with Gasteiger partial charge in [-0.1, -0.05) is 18.2 Å². The summed E-state index contributed by atoms with van der Waals surface area (Å²) in [5.41, 5.74) is 1.28. The number of aromatic hydroxyl groups is 1. The highest BCUT2D eigenvalue weighted by Crippen LogP contribution is 2.40. The molecule has 0 aliphatic carbocycles. The van der Waals surface area contributed by atoms with E-state index in [1.165, 1.54) is 33.5 Å². The van der Waals surface area contributed by atoms with E-state index in [0.29, 0.717) is 29.2 Å². The van der Waals surface area contributed by atoms with Crippen molar-refractivity contribution in [1.82, 2.24) is 4.57 Å². The van der Waals surface area contributed by atoms with E-state index in [1.54, 1.807) is 4.57 Å². The summed E-state index contributed by atoms with van der Waals surface area (Å²) in [6, 6.07) is 10.4. The number of rotatable bonds is 6. The molecule has 0 aliphatic heterocycles. The first-order chi connectivity index (χ1) is 13.5. The highest BCUT2D eigenvalue weighted by Gasteiger charge is 2.18. The molecule has 8 nitrogen and oxygen atoms in total. The molecule has 0 radical (unpaired) electrons. The highest BCUT2D eigenvalue weighted by atomic mass is 16.5. The van der Waals surface area contributed by atoms with Crippen LogP contribution in [0.4, 0.5) is 5.69 Å². The predicted octanol–water partition coefficient (Wildman–Crippen LogP) is 4.32. The van der Waals surface area contributed by atoms with Gasteiger partial charge in [-0.25, -0.2) is 0 Å². The summed E-state index contributed by atoms with van der Waals surface area (Å²) in [7, 11) is 4.41. The fourth-order valence-corrected chi connectivity index (χ4v) is 3.05. The summed E-state index contributed by atoms with van der Waals surface area (Å²) in [5.74, 6) is 0.413. The van der Waals surface area contributed by atoms with Gasteiger partial charge in [0.15, 0.2) is 17.2 Å². The largest absolute Gasteiger partial charge is 0.493 e. The Bertz CT molecular complexity index is 1030. The van der Waals surface area contributed by atoms with Crippen molar-refractivity contribution in [2.24, 2.45) is 10.2 Å². The van der Waals surface area contributed by atoms with Gasteiger partial charge in [0.25, 0.3) is 5.91 Å². The van der Waals surface area contributed by atoms with Gasteiger partial charge in [-0.3, -0.25) is 4.79 Å². The number of fused-ring (bicyclic) bond motifs is 1. The summed E-state index contributed by atoms with van der Waals surface area (Å²) in [5, 5.41) is 19.0. The van der Waals surface area contributed by atoms with Crippen LogP contribution < -0.4 is 14.2 Å². The van der Waals surface area contributed by atoms with Gasteiger partial charge in [0, 0.05) is 11.9 Å². The molecule has 0 saturated heterocycles. The average molecular weight is 383 g/mol. The van der Waals surface area contributed by atoms with Gasteiger partial charge in [-0.2, -0.15) is 0 Å². The fraction of sp³-hybridized carbons (Fsp3) is 0.250. The van der Waals surface area contributed by atoms with Crippen molar-refractivity contribution in [3.63, 3.8) is 0 Å².